The molecule has 0 aliphatic carbocycles. The third kappa shape index (κ3) is 10.9. The highest BCUT2D eigenvalue weighted by atomic mass is 16.6. The molecule has 5 N–H and O–H groups in total. The Balaban J connectivity index is 2.37. The number of rotatable bonds is 19. The van der Waals surface area contributed by atoms with Gasteiger partial charge < -0.3 is 39.5 Å². The van der Waals surface area contributed by atoms with Gasteiger partial charge in [0.1, 0.15) is 6.04 Å². The van der Waals surface area contributed by atoms with Crippen LogP contribution in [0.5, 0.6) is 0 Å². The summed E-state index contributed by atoms with van der Waals surface area (Å²) in [6.07, 6.45) is 0.154. The summed E-state index contributed by atoms with van der Waals surface area (Å²) in [6.45, 7) is 14.0. The summed E-state index contributed by atoms with van der Waals surface area (Å²) in [6, 6.07) is -2.29. The number of nitrogens with zero attached hydrogens (tertiary/aromatic N) is 4. The molecule has 2 aliphatic rings. The molecule has 2 rings (SSSR count). The summed E-state index contributed by atoms with van der Waals surface area (Å²) in [4.78, 5) is 67.3. The monoisotopic (exact) mass is 727 g/mol. The number of likely N-dealkylation sites (N-methyl/N-ethyl adjacent to an activating group) is 2. The molecule has 0 aromatic rings. The van der Waals surface area contributed by atoms with E-state index in [-0.39, 0.29) is 54.3 Å². The molecule has 1 unspecified atom stereocenters. The van der Waals surface area contributed by atoms with Crippen molar-refractivity contribution in [2.45, 2.75) is 129 Å². The third-order valence-electron chi connectivity index (χ3n) is 11.0. The lowest BCUT2D eigenvalue weighted by atomic mass is 9.77. The van der Waals surface area contributed by atoms with Crippen LogP contribution in [-0.2, 0) is 33.5 Å². The first-order valence-corrected chi connectivity index (χ1v) is 18.5. The van der Waals surface area contributed by atoms with Crippen molar-refractivity contribution in [1.29, 1.82) is 0 Å². The Morgan fingerprint density at radius 3 is 2.08 bits per heavy atom. The maximum atomic E-state index is 14.3. The van der Waals surface area contributed by atoms with Crippen LogP contribution in [0.1, 0.15) is 80.6 Å². The topological polar surface area (TPSA) is 187 Å². The Morgan fingerprint density at radius 2 is 1.61 bits per heavy atom. The van der Waals surface area contributed by atoms with Gasteiger partial charge in [-0.15, -0.1) is 0 Å². The van der Waals surface area contributed by atoms with Crippen LogP contribution in [0, 0.1) is 23.7 Å². The van der Waals surface area contributed by atoms with Gasteiger partial charge in [0.05, 0.1) is 54.7 Å². The highest BCUT2D eigenvalue weighted by molar-refractivity contribution is 6.43. The van der Waals surface area contributed by atoms with Gasteiger partial charge in [-0.25, -0.2) is 5.90 Å². The standard InChI is InChI=1S/C35H67BN6O9/c1-13-22(6)31(40(10)35(46)29(20(2)3)38-33(44)30(21(4)5)39(8)9)26(49-11)18-28(43)42-19-24(51-37)17-25(42)32(50-12)23(7)34(45)41-16-14-15-27(41)36(47)48/h20-27,29-32,47-48H,13-19,37H2,1-12H3,(H,38,44)/t22-,23+,24+,25-,26+,27-,29-,30?,31-,32+/m0/s1. The Labute approximate surface area is 305 Å². The highest BCUT2D eigenvalue weighted by Gasteiger charge is 2.48. The first kappa shape index (κ1) is 44.8. The molecule has 10 atom stereocenters. The smallest absolute Gasteiger partial charge is 0.426 e. The Bertz CT molecular complexity index is 1140. The van der Waals surface area contributed by atoms with Crippen molar-refractivity contribution in [3.05, 3.63) is 0 Å². The highest BCUT2D eigenvalue weighted by Crippen LogP contribution is 2.32. The van der Waals surface area contributed by atoms with Gasteiger partial charge in [0, 0.05) is 40.8 Å². The third-order valence-corrected chi connectivity index (χ3v) is 11.0. The second-order valence-corrected chi connectivity index (χ2v) is 15.4. The summed E-state index contributed by atoms with van der Waals surface area (Å²) >= 11 is 0. The van der Waals surface area contributed by atoms with E-state index in [0.29, 0.717) is 32.2 Å². The number of carbonyl (C=O) groups is 4. The molecule has 0 bridgehead atoms. The van der Waals surface area contributed by atoms with Crippen molar-refractivity contribution in [3.8, 4) is 0 Å². The number of methoxy groups -OCH3 is 2. The van der Waals surface area contributed by atoms with Gasteiger partial charge >= 0.3 is 7.12 Å². The SMILES string of the molecule is CC[C@H](C)[C@@H]([C@@H](CC(=O)N1C[C@H](ON)C[C@H]1[C@H](OC)[C@@H](C)C(=O)N1CCC[C@H]1B(O)O)OC)N(C)C(=O)[C@@H](NC(=O)C(C(C)C)N(C)C)C(C)C. The summed E-state index contributed by atoms with van der Waals surface area (Å²) in [7, 11) is 6.73. The maximum absolute atomic E-state index is 14.3. The fraction of sp³-hybridized carbons (Fsp3) is 0.886. The minimum atomic E-state index is -1.65. The number of hydrogen-bond donors (Lipinski definition) is 4. The van der Waals surface area contributed by atoms with Gasteiger partial charge in [0.2, 0.25) is 23.6 Å². The lowest BCUT2D eigenvalue weighted by Gasteiger charge is -2.41. The van der Waals surface area contributed by atoms with Gasteiger partial charge in [-0.2, -0.15) is 0 Å². The fourth-order valence-corrected chi connectivity index (χ4v) is 8.12. The zero-order chi connectivity index (χ0) is 38.9. The van der Waals surface area contributed by atoms with Crippen molar-refractivity contribution in [1.82, 2.24) is 24.9 Å². The minimum absolute atomic E-state index is 0.0282. The summed E-state index contributed by atoms with van der Waals surface area (Å²) < 4.78 is 11.9. The molecule has 15 nitrogen and oxygen atoms in total. The van der Waals surface area contributed by atoms with E-state index in [1.54, 1.807) is 23.8 Å². The molecule has 0 spiro atoms. The molecule has 2 aliphatic heterocycles. The first-order chi connectivity index (χ1) is 23.9. The average Bonchev–Trinajstić information content (AvgIpc) is 3.74. The van der Waals surface area contributed by atoms with E-state index in [9.17, 15) is 29.2 Å². The van der Waals surface area contributed by atoms with E-state index < -0.39 is 61.5 Å². The fourth-order valence-electron chi connectivity index (χ4n) is 8.12. The van der Waals surface area contributed by atoms with Crippen molar-refractivity contribution in [3.63, 3.8) is 0 Å². The normalized spacial score (nSPS) is 23.6. The van der Waals surface area contributed by atoms with Crippen LogP contribution in [-0.4, -0.2) is 157 Å². The van der Waals surface area contributed by atoms with Crippen molar-refractivity contribution in [2.75, 3.05) is 48.5 Å². The number of hydrogen-bond acceptors (Lipinski definition) is 11. The molecule has 2 fully saturated rings. The predicted molar refractivity (Wildman–Crippen MR) is 195 cm³/mol. The molecule has 0 aromatic carbocycles. The van der Waals surface area contributed by atoms with E-state index in [1.165, 1.54) is 19.1 Å². The molecule has 2 heterocycles. The Morgan fingerprint density at radius 1 is 0.980 bits per heavy atom. The van der Waals surface area contributed by atoms with Crippen LogP contribution in [0.2, 0.25) is 0 Å². The number of carbonyl (C=O) groups excluding carboxylic acids is 4. The lowest BCUT2D eigenvalue weighted by molar-refractivity contribution is -0.149. The molecule has 16 heteroatoms. The van der Waals surface area contributed by atoms with Crippen LogP contribution in [0.15, 0.2) is 0 Å². The second-order valence-electron chi connectivity index (χ2n) is 15.4. The molecule has 4 amide bonds. The number of amides is 4. The van der Waals surface area contributed by atoms with Crippen LogP contribution in [0.25, 0.3) is 0 Å². The zero-order valence-electron chi connectivity index (χ0n) is 33.1. The van der Waals surface area contributed by atoms with Crippen molar-refractivity contribution in [2.24, 2.45) is 29.6 Å². The van der Waals surface area contributed by atoms with E-state index in [4.69, 9.17) is 20.2 Å². The molecule has 51 heavy (non-hydrogen) atoms. The van der Waals surface area contributed by atoms with Gasteiger partial charge in [-0.3, -0.25) is 28.9 Å². The van der Waals surface area contributed by atoms with Gasteiger partial charge in [0.15, 0.2) is 0 Å². The summed E-state index contributed by atoms with van der Waals surface area (Å²) in [5.74, 6) is 2.91. The largest absolute Gasteiger partial charge is 0.475 e. The summed E-state index contributed by atoms with van der Waals surface area (Å²) in [5.41, 5.74) is 0. The molecule has 0 aromatic heterocycles. The lowest BCUT2D eigenvalue weighted by Crippen LogP contribution is -2.59. The first-order valence-electron chi connectivity index (χ1n) is 18.5. The van der Waals surface area contributed by atoms with E-state index >= 15 is 0 Å². The molecule has 294 valence electrons. The zero-order valence-corrected chi connectivity index (χ0v) is 33.1. The van der Waals surface area contributed by atoms with Crippen LogP contribution >= 0.6 is 0 Å². The maximum Gasteiger partial charge on any atom is 0.475 e. The van der Waals surface area contributed by atoms with Crippen molar-refractivity contribution < 1.29 is 43.5 Å². The van der Waals surface area contributed by atoms with Gasteiger partial charge in [0.25, 0.3) is 0 Å². The van der Waals surface area contributed by atoms with Gasteiger partial charge in [-0.1, -0.05) is 54.9 Å². The molecule has 0 saturated carbocycles. The van der Waals surface area contributed by atoms with Gasteiger partial charge in [-0.05, 0) is 44.7 Å². The van der Waals surface area contributed by atoms with E-state index in [1.807, 2.05) is 60.5 Å². The Hall–Kier alpha value is -2.34. The quantitative estimate of drug-likeness (QED) is 0.107. The number of likely N-dealkylation sites (tertiary alicyclic amines) is 2. The van der Waals surface area contributed by atoms with Crippen LogP contribution in [0.3, 0.4) is 0 Å². The van der Waals surface area contributed by atoms with E-state index in [2.05, 4.69) is 5.32 Å². The molecule has 0 radical (unpaired) electrons. The average molecular weight is 727 g/mol. The number of nitrogens with two attached hydrogens (primary N) is 1. The Kier molecular flexibility index (Phi) is 17.8. The molecule has 2 saturated heterocycles. The van der Waals surface area contributed by atoms with Crippen LogP contribution < -0.4 is 11.2 Å². The molecular weight excluding hydrogens is 659 g/mol. The number of nitrogens with one attached hydrogen (secondary N) is 1. The minimum Gasteiger partial charge on any atom is -0.426 e. The predicted octanol–water partition coefficient (Wildman–Crippen LogP) is 0.506. The molecular formula is C35H67BN6O9. The second kappa shape index (κ2) is 20.2. The summed E-state index contributed by atoms with van der Waals surface area (Å²) in [5, 5.41) is 22.8. The number of ether oxygens (including phenoxy) is 2. The van der Waals surface area contributed by atoms with Crippen LogP contribution in [0.4, 0.5) is 0 Å². The van der Waals surface area contributed by atoms with E-state index in [0.717, 1.165) is 0 Å². The van der Waals surface area contributed by atoms with Crippen molar-refractivity contribution >= 4 is 30.7 Å².